The Morgan fingerprint density at radius 1 is 1.38 bits per heavy atom. The van der Waals surface area contributed by atoms with Gasteiger partial charge in [0.15, 0.2) is 11.5 Å². The van der Waals surface area contributed by atoms with E-state index in [1.54, 1.807) is 13.2 Å². The third-order valence-corrected chi connectivity index (χ3v) is 3.88. The SMILES string of the molecule is COc1cc(CC(CBr)CCBr)ccc1O. The Bertz CT molecular complexity index is 329. The number of phenols is 1. The minimum absolute atomic E-state index is 0.196. The summed E-state index contributed by atoms with van der Waals surface area (Å²) in [6.45, 7) is 0. The molecule has 4 heteroatoms. The fourth-order valence-electron chi connectivity index (χ4n) is 1.57. The lowest BCUT2D eigenvalue weighted by molar-refractivity contribution is 0.372. The maximum Gasteiger partial charge on any atom is 0.160 e. The molecule has 0 aromatic heterocycles. The van der Waals surface area contributed by atoms with Crippen LogP contribution in [-0.2, 0) is 6.42 Å². The third-order valence-electron chi connectivity index (χ3n) is 2.50. The summed E-state index contributed by atoms with van der Waals surface area (Å²) in [7, 11) is 1.57. The first-order valence-electron chi connectivity index (χ1n) is 5.19. The molecule has 0 saturated carbocycles. The maximum absolute atomic E-state index is 9.49. The van der Waals surface area contributed by atoms with Crippen molar-refractivity contribution in [1.82, 2.24) is 0 Å². The van der Waals surface area contributed by atoms with Gasteiger partial charge in [0.05, 0.1) is 7.11 Å². The van der Waals surface area contributed by atoms with E-state index in [0.29, 0.717) is 11.7 Å². The molecular formula is C12H16Br2O2. The minimum atomic E-state index is 0.196. The van der Waals surface area contributed by atoms with Crippen LogP contribution < -0.4 is 4.74 Å². The summed E-state index contributed by atoms with van der Waals surface area (Å²) in [5, 5.41) is 11.5. The number of alkyl halides is 2. The van der Waals surface area contributed by atoms with Crippen LogP contribution in [0.15, 0.2) is 18.2 Å². The maximum atomic E-state index is 9.49. The Kier molecular flexibility index (Phi) is 6.21. The molecule has 1 atom stereocenters. The molecule has 0 fully saturated rings. The number of rotatable bonds is 6. The summed E-state index contributed by atoms with van der Waals surface area (Å²) in [5.41, 5.74) is 1.19. The average Bonchev–Trinajstić information content (AvgIpc) is 2.30. The molecule has 0 aliphatic carbocycles. The van der Waals surface area contributed by atoms with E-state index in [9.17, 15) is 5.11 Å². The number of hydrogen-bond acceptors (Lipinski definition) is 2. The molecule has 0 heterocycles. The quantitative estimate of drug-likeness (QED) is 0.791. The molecule has 1 N–H and O–H groups in total. The molecule has 1 aromatic rings. The van der Waals surface area contributed by atoms with Gasteiger partial charge in [0.25, 0.3) is 0 Å². The molecule has 1 unspecified atom stereocenters. The van der Waals surface area contributed by atoms with Crippen LogP contribution in [-0.4, -0.2) is 22.9 Å². The van der Waals surface area contributed by atoms with Gasteiger partial charge in [-0.2, -0.15) is 0 Å². The van der Waals surface area contributed by atoms with E-state index < -0.39 is 0 Å². The van der Waals surface area contributed by atoms with Crippen LogP contribution in [0.4, 0.5) is 0 Å². The number of ether oxygens (including phenoxy) is 1. The lowest BCUT2D eigenvalue weighted by Gasteiger charge is -2.13. The second kappa shape index (κ2) is 7.17. The predicted octanol–water partition coefficient (Wildman–Crippen LogP) is 3.74. The molecular weight excluding hydrogens is 336 g/mol. The molecule has 0 radical (unpaired) electrons. The van der Waals surface area contributed by atoms with Crippen molar-refractivity contribution in [3.8, 4) is 11.5 Å². The largest absolute Gasteiger partial charge is 0.504 e. The molecule has 0 bridgehead atoms. The van der Waals surface area contributed by atoms with Gasteiger partial charge in [-0.25, -0.2) is 0 Å². The smallest absolute Gasteiger partial charge is 0.160 e. The third kappa shape index (κ3) is 3.98. The van der Waals surface area contributed by atoms with Gasteiger partial charge in [-0.15, -0.1) is 0 Å². The van der Waals surface area contributed by atoms with E-state index in [4.69, 9.17) is 4.74 Å². The van der Waals surface area contributed by atoms with Crippen molar-refractivity contribution in [3.63, 3.8) is 0 Å². The molecule has 0 spiro atoms. The molecule has 0 saturated heterocycles. The Labute approximate surface area is 113 Å². The van der Waals surface area contributed by atoms with Crippen LogP contribution in [0.5, 0.6) is 11.5 Å². The van der Waals surface area contributed by atoms with E-state index in [0.717, 1.165) is 23.5 Å². The van der Waals surface area contributed by atoms with Gasteiger partial charge < -0.3 is 9.84 Å². The van der Waals surface area contributed by atoms with Crippen molar-refractivity contribution in [3.05, 3.63) is 23.8 Å². The van der Waals surface area contributed by atoms with Gasteiger partial charge in [0, 0.05) is 10.7 Å². The first-order chi connectivity index (χ1) is 7.71. The molecule has 16 heavy (non-hydrogen) atoms. The fourth-order valence-corrected chi connectivity index (χ4v) is 2.77. The lowest BCUT2D eigenvalue weighted by Crippen LogP contribution is -2.06. The Balaban J connectivity index is 2.72. The summed E-state index contributed by atoms with van der Waals surface area (Å²) in [6, 6.07) is 5.54. The van der Waals surface area contributed by atoms with Gasteiger partial charge in [0.2, 0.25) is 0 Å². The predicted molar refractivity (Wildman–Crippen MR) is 74.1 cm³/mol. The van der Waals surface area contributed by atoms with E-state index >= 15 is 0 Å². The Morgan fingerprint density at radius 3 is 2.69 bits per heavy atom. The average molecular weight is 352 g/mol. The van der Waals surface area contributed by atoms with Crippen LogP contribution in [0.2, 0.25) is 0 Å². The highest BCUT2D eigenvalue weighted by molar-refractivity contribution is 9.09. The number of benzene rings is 1. The van der Waals surface area contributed by atoms with Crippen LogP contribution in [0.25, 0.3) is 0 Å². The van der Waals surface area contributed by atoms with Gasteiger partial charge in [0.1, 0.15) is 0 Å². The zero-order chi connectivity index (χ0) is 12.0. The zero-order valence-corrected chi connectivity index (χ0v) is 12.4. The number of aromatic hydroxyl groups is 1. The molecule has 90 valence electrons. The van der Waals surface area contributed by atoms with Crippen molar-refractivity contribution in [2.24, 2.45) is 5.92 Å². The summed E-state index contributed by atoms with van der Waals surface area (Å²) >= 11 is 6.98. The second-order valence-corrected chi connectivity index (χ2v) is 5.15. The van der Waals surface area contributed by atoms with Crippen LogP contribution in [0.1, 0.15) is 12.0 Å². The van der Waals surface area contributed by atoms with Gasteiger partial charge in [-0.1, -0.05) is 37.9 Å². The minimum Gasteiger partial charge on any atom is -0.504 e. The number of halogens is 2. The number of hydrogen-bond donors (Lipinski definition) is 1. The molecule has 1 rings (SSSR count). The van der Waals surface area contributed by atoms with E-state index in [2.05, 4.69) is 31.9 Å². The second-order valence-electron chi connectivity index (χ2n) is 3.71. The number of methoxy groups -OCH3 is 1. The highest BCUT2D eigenvalue weighted by atomic mass is 79.9. The number of phenolic OH excluding ortho intramolecular Hbond substituents is 1. The van der Waals surface area contributed by atoms with E-state index in [1.807, 2.05) is 12.1 Å². The van der Waals surface area contributed by atoms with Crippen molar-refractivity contribution in [1.29, 1.82) is 0 Å². The van der Waals surface area contributed by atoms with Gasteiger partial charge >= 0.3 is 0 Å². The van der Waals surface area contributed by atoms with Crippen LogP contribution in [0, 0.1) is 5.92 Å². The van der Waals surface area contributed by atoms with Crippen LogP contribution >= 0.6 is 31.9 Å². The molecule has 2 nitrogen and oxygen atoms in total. The normalized spacial score (nSPS) is 12.4. The van der Waals surface area contributed by atoms with Gasteiger partial charge in [-0.05, 0) is 36.5 Å². The van der Waals surface area contributed by atoms with Crippen LogP contribution in [0.3, 0.4) is 0 Å². The topological polar surface area (TPSA) is 29.5 Å². The summed E-state index contributed by atoms with van der Waals surface area (Å²) in [4.78, 5) is 0. The summed E-state index contributed by atoms with van der Waals surface area (Å²) in [6.07, 6.45) is 2.13. The van der Waals surface area contributed by atoms with E-state index in [1.165, 1.54) is 5.56 Å². The molecule has 0 aliphatic rings. The first-order valence-corrected chi connectivity index (χ1v) is 7.43. The monoisotopic (exact) mass is 350 g/mol. The zero-order valence-electron chi connectivity index (χ0n) is 9.25. The Morgan fingerprint density at radius 2 is 2.12 bits per heavy atom. The van der Waals surface area contributed by atoms with Crippen molar-refractivity contribution >= 4 is 31.9 Å². The van der Waals surface area contributed by atoms with Crippen molar-refractivity contribution in [2.45, 2.75) is 12.8 Å². The Hall–Kier alpha value is -0.220. The molecule has 0 aliphatic heterocycles. The lowest BCUT2D eigenvalue weighted by atomic mass is 9.98. The summed E-state index contributed by atoms with van der Waals surface area (Å²) < 4.78 is 5.09. The van der Waals surface area contributed by atoms with Crippen molar-refractivity contribution in [2.75, 3.05) is 17.8 Å². The van der Waals surface area contributed by atoms with Crippen molar-refractivity contribution < 1.29 is 9.84 Å². The standard InChI is InChI=1S/C12H16Br2O2/c1-16-12-7-9(2-3-11(12)15)6-10(8-14)4-5-13/h2-3,7,10,15H,4-6,8H2,1H3. The van der Waals surface area contributed by atoms with E-state index in [-0.39, 0.29) is 5.75 Å². The fraction of sp³-hybridized carbons (Fsp3) is 0.500. The van der Waals surface area contributed by atoms with Gasteiger partial charge in [-0.3, -0.25) is 0 Å². The molecule has 0 amide bonds. The summed E-state index contributed by atoms with van der Waals surface area (Å²) in [5.74, 6) is 1.35. The molecule has 1 aromatic carbocycles. The highest BCUT2D eigenvalue weighted by Gasteiger charge is 2.09. The first kappa shape index (κ1) is 13.8. The highest BCUT2D eigenvalue weighted by Crippen LogP contribution is 2.28.